The van der Waals surface area contributed by atoms with Crippen LogP contribution >= 0.6 is 15.9 Å². The lowest BCUT2D eigenvalue weighted by Crippen LogP contribution is -2.24. The van der Waals surface area contributed by atoms with Crippen LogP contribution in [0, 0.1) is 6.92 Å². The first-order valence-electron chi connectivity index (χ1n) is 7.00. The molecule has 0 saturated carbocycles. The number of hydrogen-bond acceptors (Lipinski definition) is 4. The van der Waals surface area contributed by atoms with Gasteiger partial charge in [-0.2, -0.15) is 0 Å². The van der Waals surface area contributed by atoms with E-state index in [-0.39, 0.29) is 30.3 Å². The molecule has 1 aromatic heterocycles. The second-order valence-electron chi connectivity index (χ2n) is 4.86. The van der Waals surface area contributed by atoms with Gasteiger partial charge in [0.15, 0.2) is 12.4 Å². The van der Waals surface area contributed by atoms with Crippen LogP contribution in [0.4, 0.5) is 5.69 Å². The third-order valence-electron chi connectivity index (χ3n) is 3.21. The Morgan fingerprint density at radius 3 is 2.65 bits per heavy atom. The highest BCUT2D eigenvalue weighted by molar-refractivity contribution is 9.10. The summed E-state index contributed by atoms with van der Waals surface area (Å²) in [5.41, 5.74) is 0.917. The van der Waals surface area contributed by atoms with E-state index in [0.717, 1.165) is 4.47 Å². The number of aromatic nitrogens is 1. The van der Waals surface area contributed by atoms with E-state index in [9.17, 15) is 9.59 Å². The van der Waals surface area contributed by atoms with Crippen molar-refractivity contribution >= 4 is 27.5 Å². The molecule has 23 heavy (non-hydrogen) atoms. The molecule has 0 saturated heterocycles. The van der Waals surface area contributed by atoms with Crippen molar-refractivity contribution < 1.29 is 14.6 Å². The van der Waals surface area contributed by atoms with E-state index in [2.05, 4.69) is 21.2 Å². The number of pyridine rings is 1. The van der Waals surface area contributed by atoms with Crippen LogP contribution in [-0.4, -0.2) is 28.8 Å². The highest BCUT2D eigenvalue weighted by Crippen LogP contribution is 2.15. The van der Waals surface area contributed by atoms with Crippen molar-refractivity contribution in [3.8, 4) is 5.75 Å². The molecule has 0 fully saturated rings. The Morgan fingerprint density at radius 1 is 1.30 bits per heavy atom. The van der Waals surface area contributed by atoms with Crippen molar-refractivity contribution in [1.82, 2.24) is 4.57 Å². The molecule has 1 aromatic carbocycles. The molecule has 0 bridgehead atoms. The van der Waals surface area contributed by atoms with Crippen molar-refractivity contribution in [3.63, 3.8) is 0 Å². The summed E-state index contributed by atoms with van der Waals surface area (Å²) in [6, 6.07) is 8.48. The zero-order chi connectivity index (χ0) is 16.8. The van der Waals surface area contributed by atoms with E-state index in [1.165, 1.54) is 6.07 Å². The van der Waals surface area contributed by atoms with Gasteiger partial charge in [0.25, 0.3) is 5.91 Å². The summed E-state index contributed by atoms with van der Waals surface area (Å²) >= 11 is 3.32. The van der Waals surface area contributed by atoms with Crippen molar-refractivity contribution in [3.05, 3.63) is 56.9 Å². The van der Waals surface area contributed by atoms with Gasteiger partial charge < -0.3 is 19.7 Å². The number of anilines is 1. The highest BCUT2D eigenvalue weighted by Gasteiger charge is 2.11. The zero-order valence-corrected chi connectivity index (χ0v) is 14.2. The van der Waals surface area contributed by atoms with Gasteiger partial charge in [0, 0.05) is 29.0 Å². The number of nitrogens with zero attached hydrogens (tertiary/aromatic N) is 1. The lowest BCUT2D eigenvalue weighted by Gasteiger charge is -2.14. The monoisotopic (exact) mass is 380 g/mol. The molecule has 0 aliphatic heterocycles. The normalized spacial score (nSPS) is 10.4. The molecular formula is C16H17BrN2O4. The molecule has 1 heterocycles. The molecule has 2 rings (SSSR count). The van der Waals surface area contributed by atoms with Gasteiger partial charge in [0.1, 0.15) is 0 Å². The Morgan fingerprint density at radius 2 is 2.00 bits per heavy atom. The van der Waals surface area contributed by atoms with Gasteiger partial charge in [0.05, 0.1) is 12.3 Å². The van der Waals surface area contributed by atoms with Crippen molar-refractivity contribution in [1.29, 1.82) is 0 Å². The van der Waals surface area contributed by atoms with Crippen molar-refractivity contribution in [2.24, 2.45) is 0 Å². The number of nitrogens with one attached hydrogen (secondary N) is 1. The average Bonchev–Trinajstić information content (AvgIpc) is 2.52. The Labute approximate surface area is 141 Å². The standard InChI is InChI=1S/C16H17BrN2O4/c1-11-16(14(21)6-7-19(11)8-9-20)23-10-15(22)18-13-4-2-12(17)3-5-13/h2-7,20H,8-10H2,1H3,(H,18,22). The second-order valence-corrected chi connectivity index (χ2v) is 5.77. The fourth-order valence-electron chi connectivity index (χ4n) is 2.05. The van der Waals surface area contributed by atoms with Crippen LogP contribution in [0.1, 0.15) is 5.69 Å². The molecule has 0 atom stereocenters. The lowest BCUT2D eigenvalue weighted by molar-refractivity contribution is -0.118. The van der Waals surface area contributed by atoms with E-state index in [1.54, 1.807) is 29.8 Å². The molecule has 2 N–H and O–H groups in total. The number of rotatable bonds is 6. The van der Waals surface area contributed by atoms with E-state index in [1.807, 2.05) is 12.1 Å². The summed E-state index contributed by atoms with van der Waals surface area (Å²) in [4.78, 5) is 23.8. The summed E-state index contributed by atoms with van der Waals surface area (Å²) < 4.78 is 7.99. The molecule has 0 aliphatic rings. The van der Waals surface area contributed by atoms with Gasteiger partial charge in [0.2, 0.25) is 5.43 Å². The minimum absolute atomic E-state index is 0.0484. The first-order valence-corrected chi connectivity index (χ1v) is 7.79. The first kappa shape index (κ1) is 17.2. The lowest BCUT2D eigenvalue weighted by atomic mass is 10.3. The molecule has 0 unspecified atom stereocenters. The number of carbonyl (C=O) groups excluding carboxylic acids is 1. The number of ether oxygens (including phenoxy) is 1. The summed E-state index contributed by atoms with van der Waals surface area (Å²) in [5, 5.41) is 11.7. The maximum Gasteiger partial charge on any atom is 0.262 e. The second kappa shape index (κ2) is 7.94. The largest absolute Gasteiger partial charge is 0.478 e. The van der Waals surface area contributed by atoms with Gasteiger partial charge in [-0.1, -0.05) is 15.9 Å². The SMILES string of the molecule is Cc1c(OCC(=O)Nc2ccc(Br)cc2)c(=O)ccn1CCO. The molecule has 122 valence electrons. The summed E-state index contributed by atoms with van der Waals surface area (Å²) in [6.07, 6.45) is 1.59. The molecule has 6 nitrogen and oxygen atoms in total. The zero-order valence-electron chi connectivity index (χ0n) is 12.6. The number of benzene rings is 1. The fourth-order valence-corrected chi connectivity index (χ4v) is 2.31. The third kappa shape index (κ3) is 4.67. The van der Waals surface area contributed by atoms with E-state index < -0.39 is 0 Å². The number of halogens is 1. The molecule has 1 amide bonds. The third-order valence-corrected chi connectivity index (χ3v) is 3.73. The Balaban J connectivity index is 2.02. The highest BCUT2D eigenvalue weighted by atomic mass is 79.9. The summed E-state index contributed by atoms with van der Waals surface area (Å²) in [6.45, 7) is 1.75. The predicted molar refractivity (Wildman–Crippen MR) is 90.8 cm³/mol. The van der Waals surface area contributed by atoms with E-state index >= 15 is 0 Å². The molecule has 0 aliphatic carbocycles. The van der Waals surface area contributed by atoms with Crippen LogP contribution in [0.15, 0.2) is 45.8 Å². The topological polar surface area (TPSA) is 80.6 Å². The average molecular weight is 381 g/mol. The Bertz CT molecular complexity index is 741. The number of carbonyl (C=O) groups is 1. The molecule has 0 spiro atoms. The predicted octanol–water partition coefficient (Wildman–Crippen LogP) is 1.93. The summed E-state index contributed by atoms with van der Waals surface area (Å²) in [7, 11) is 0. The number of hydrogen-bond donors (Lipinski definition) is 2. The van der Waals surface area contributed by atoms with Crippen LogP contribution in [0.25, 0.3) is 0 Å². The van der Waals surface area contributed by atoms with Crippen LogP contribution < -0.4 is 15.5 Å². The van der Waals surface area contributed by atoms with E-state index in [0.29, 0.717) is 17.9 Å². The van der Waals surface area contributed by atoms with Gasteiger partial charge in [-0.15, -0.1) is 0 Å². The van der Waals surface area contributed by atoms with Crippen LogP contribution in [0.3, 0.4) is 0 Å². The van der Waals surface area contributed by atoms with Gasteiger partial charge in [-0.05, 0) is 31.2 Å². The van der Waals surface area contributed by atoms with Crippen LogP contribution in [0.2, 0.25) is 0 Å². The minimum atomic E-state index is -0.358. The molecule has 7 heteroatoms. The quantitative estimate of drug-likeness (QED) is 0.802. The first-order chi connectivity index (χ1) is 11.0. The van der Waals surface area contributed by atoms with Gasteiger partial charge in [-0.25, -0.2) is 0 Å². The van der Waals surface area contributed by atoms with Crippen LogP contribution in [-0.2, 0) is 11.3 Å². The number of aliphatic hydroxyl groups is 1. The maximum atomic E-state index is 11.9. The Kier molecular flexibility index (Phi) is 5.95. The van der Waals surface area contributed by atoms with Gasteiger partial charge >= 0.3 is 0 Å². The van der Waals surface area contributed by atoms with E-state index in [4.69, 9.17) is 9.84 Å². The summed E-state index contributed by atoms with van der Waals surface area (Å²) in [5.74, 6) is -0.240. The molecular weight excluding hydrogens is 364 g/mol. The van der Waals surface area contributed by atoms with Gasteiger partial charge in [-0.3, -0.25) is 9.59 Å². The number of aliphatic hydroxyl groups excluding tert-OH is 1. The maximum absolute atomic E-state index is 11.9. The number of amides is 1. The molecule has 2 aromatic rings. The fraction of sp³-hybridized carbons (Fsp3) is 0.250. The Hall–Kier alpha value is -2.12. The van der Waals surface area contributed by atoms with Crippen LogP contribution in [0.5, 0.6) is 5.75 Å². The van der Waals surface area contributed by atoms with Crippen molar-refractivity contribution in [2.45, 2.75) is 13.5 Å². The van der Waals surface area contributed by atoms with Crippen molar-refractivity contribution in [2.75, 3.05) is 18.5 Å². The minimum Gasteiger partial charge on any atom is -0.478 e. The molecule has 0 radical (unpaired) electrons. The smallest absolute Gasteiger partial charge is 0.262 e.